The van der Waals surface area contributed by atoms with E-state index >= 15 is 0 Å². The number of aromatic amines is 1. The number of hydrogen-bond donors (Lipinski definition) is 1. The smallest absolute Gasteiger partial charge is 0.264 e. The van der Waals surface area contributed by atoms with Gasteiger partial charge in [-0.25, -0.2) is 5.10 Å². The molecule has 3 nitrogen and oxygen atoms in total. The Kier molecular flexibility index (Phi) is 2.17. The number of nitrogens with zero attached hydrogens (tertiary/aromatic N) is 1. The van der Waals surface area contributed by atoms with Gasteiger partial charge in [0.05, 0.1) is 5.69 Å². The summed E-state index contributed by atoms with van der Waals surface area (Å²) in [5.41, 5.74) is 0.888. The molecule has 1 atom stereocenters. The first-order valence-corrected chi connectivity index (χ1v) is 5.08. The summed E-state index contributed by atoms with van der Waals surface area (Å²) < 4.78 is 0. The highest BCUT2D eigenvalue weighted by Crippen LogP contribution is 2.38. The SMILES string of the molecule is O=c1ccc(C2CCCS2)n[nH]1. The van der Waals surface area contributed by atoms with Crippen LogP contribution in [0, 0.1) is 0 Å². The van der Waals surface area contributed by atoms with Crippen LogP contribution in [0.15, 0.2) is 16.9 Å². The molecule has 1 fully saturated rings. The number of hydrogen-bond acceptors (Lipinski definition) is 3. The van der Waals surface area contributed by atoms with E-state index in [1.807, 2.05) is 17.8 Å². The molecule has 1 N–H and O–H groups in total. The van der Waals surface area contributed by atoms with Crippen molar-refractivity contribution < 1.29 is 0 Å². The standard InChI is InChI=1S/C8H10N2OS/c11-8-4-3-6(9-10-8)7-2-1-5-12-7/h3-4,7H,1-2,5H2,(H,10,11). The molecule has 0 spiro atoms. The van der Waals surface area contributed by atoms with E-state index in [0.29, 0.717) is 5.25 Å². The third-order valence-corrected chi connectivity index (χ3v) is 3.36. The van der Waals surface area contributed by atoms with Crippen LogP contribution in [0.3, 0.4) is 0 Å². The van der Waals surface area contributed by atoms with Crippen LogP contribution in [0.1, 0.15) is 23.8 Å². The lowest BCUT2D eigenvalue weighted by Gasteiger charge is -2.04. The third kappa shape index (κ3) is 1.53. The van der Waals surface area contributed by atoms with Gasteiger partial charge in [0.2, 0.25) is 0 Å². The fourth-order valence-electron chi connectivity index (χ4n) is 1.35. The fraction of sp³-hybridized carbons (Fsp3) is 0.500. The first-order chi connectivity index (χ1) is 5.86. The van der Waals surface area contributed by atoms with Gasteiger partial charge in [0, 0.05) is 11.3 Å². The van der Waals surface area contributed by atoms with Gasteiger partial charge in [-0.15, -0.1) is 0 Å². The van der Waals surface area contributed by atoms with Crippen LogP contribution >= 0.6 is 11.8 Å². The van der Waals surface area contributed by atoms with E-state index < -0.39 is 0 Å². The summed E-state index contributed by atoms with van der Waals surface area (Å²) in [4.78, 5) is 10.7. The highest BCUT2D eigenvalue weighted by molar-refractivity contribution is 7.99. The minimum atomic E-state index is -0.123. The lowest BCUT2D eigenvalue weighted by molar-refractivity contribution is 0.779. The highest BCUT2D eigenvalue weighted by atomic mass is 32.2. The first-order valence-electron chi connectivity index (χ1n) is 4.03. The van der Waals surface area contributed by atoms with E-state index in [1.165, 1.54) is 18.6 Å². The second-order valence-corrected chi connectivity index (χ2v) is 4.16. The molecule has 1 aromatic heterocycles. The zero-order valence-electron chi connectivity index (χ0n) is 6.62. The van der Waals surface area contributed by atoms with E-state index in [-0.39, 0.29) is 5.56 Å². The van der Waals surface area contributed by atoms with Crippen LogP contribution in [-0.4, -0.2) is 16.0 Å². The van der Waals surface area contributed by atoms with Gasteiger partial charge in [-0.05, 0) is 24.7 Å². The number of thioether (sulfide) groups is 1. The number of nitrogens with one attached hydrogen (secondary N) is 1. The summed E-state index contributed by atoms with van der Waals surface area (Å²) in [6.45, 7) is 0. The number of H-pyrrole nitrogens is 1. The van der Waals surface area contributed by atoms with Gasteiger partial charge in [0.15, 0.2) is 0 Å². The lowest BCUT2D eigenvalue weighted by atomic mass is 10.2. The molecule has 1 aliphatic heterocycles. The third-order valence-electron chi connectivity index (χ3n) is 1.96. The second-order valence-electron chi connectivity index (χ2n) is 2.85. The van der Waals surface area contributed by atoms with Crippen LogP contribution in [0.2, 0.25) is 0 Å². The Morgan fingerprint density at radius 3 is 3.08 bits per heavy atom. The Morgan fingerprint density at radius 2 is 2.50 bits per heavy atom. The van der Waals surface area contributed by atoms with Gasteiger partial charge in [-0.1, -0.05) is 0 Å². The van der Waals surface area contributed by atoms with Gasteiger partial charge in [-0.3, -0.25) is 4.79 Å². The Hall–Kier alpha value is -0.770. The van der Waals surface area contributed by atoms with Crippen LogP contribution in [0.5, 0.6) is 0 Å². The highest BCUT2D eigenvalue weighted by Gasteiger charge is 2.18. The van der Waals surface area contributed by atoms with Crippen molar-refractivity contribution in [3.8, 4) is 0 Å². The molecule has 1 aliphatic rings. The van der Waals surface area contributed by atoms with E-state index in [0.717, 1.165) is 5.69 Å². The zero-order chi connectivity index (χ0) is 8.39. The Labute approximate surface area is 74.6 Å². The summed E-state index contributed by atoms with van der Waals surface area (Å²) in [6.07, 6.45) is 2.44. The van der Waals surface area contributed by atoms with E-state index in [9.17, 15) is 4.79 Å². The maximum absolute atomic E-state index is 10.7. The average molecular weight is 182 g/mol. The van der Waals surface area contributed by atoms with Crippen molar-refractivity contribution >= 4 is 11.8 Å². The summed E-state index contributed by atoms with van der Waals surface area (Å²) in [5, 5.41) is 6.96. The molecule has 0 aromatic carbocycles. The van der Waals surface area contributed by atoms with Gasteiger partial charge >= 0.3 is 0 Å². The molecular formula is C8H10N2OS. The van der Waals surface area contributed by atoms with Crippen molar-refractivity contribution in [3.63, 3.8) is 0 Å². The summed E-state index contributed by atoms with van der Waals surface area (Å²) in [6, 6.07) is 3.36. The molecular weight excluding hydrogens is 172 g/mol. The molecule has 0 aliphatic carbocycles. The number of aromatic nitrogens is 2. The summed E-state index contributed by atoms with van der Waals surface area (Å²) >= 11 is 1.92. The largest absolute Gasteiger partial charge is 0.268 e. The van der Waals surface area contributed by atoms with Gasteiger partial charge in [-0.2, -0.15) is 16.9 Å². The van der Waals surface area contributed by atoms with E-state index in [2.05, 4.69) is 10.2 Å². The molecule has 1 aromatic rings. The van der Waals surface area contributed by atoms with Crippen LogP contribution < -0.4 is 5.56 Å². The molecule has 2 rings (SSSR count). The Morgan fingerprint density at radius 1 is 1.58 bits per heavy atom. The van der Waals surface area contributed by atoms with Crippen LogP contribution in [0.4, 0.5) is 0 Å². The van der Waals surface area contributed by atoms with Crippen LogP contribution in [-0.2, 0) is 0 Å². The molecule has 1 saturated heterocycles. The van der Waals surface area contributed by atoms with E-state index in [4.69, 9.17) is 0 Å². The minimum Gasteiger partial charge on any atom is -0.268 e. The van der Waals surface area contributed by atoms with Gasteiger partial charge in [0.1, 0.15) is 0 Å². The average Bonchev–Trinajstić information content (AvgIpc) is 2.58. The normalized spacial score (nSPS) is 22.8. The predicted molar refractivity (Wildman–Crippen MR) is 49.3 cm³/mol. The molecule has 2 heterocycles. The number of rotatable bonds is 1. The predicted octanol–water partition coefficient (Wildman–Crippen LogP) is 1.34. The van der Waals surface area contributed by atoms with Crippen molar-refractivity contribution in [1.29, 1.82) is 0 Å². The first kappa shape index (κ1) is 7.86. The van der Waals surface area contributed by atoms with Gasteiger partial charge < -0.3 is 0 Å². The molecule has 4 heteroatoms. The molecule has 1 unspecified atom stereocenters. The van der Waals surface area contributed by atoms with Crippen molar-refractivity contribution in [3.05, 3.63) is 28.2 Å². The molecule has 12 heavy (non-hydrogen) atoms. The topological polar surface area (TPSA) is 45.8 Å². The van der Waals surface area contributed by atoms with Crippen molar-refractivity contribution in [2.24, 2.45) is 0 Å². The fourth-order valence-corrected chi connectivity index (χ4v) is 2.60. The molecule has 0 amide bonds. The van der Waals surface area contributed by atoms with E-state index in [1.54, 1.807) is 6.07 Å². The lowest BCUT2D eigenvalue weighted by Crippen LogP contribution is -2.08. The Bertz CT molecular complexity index is 297. The molecule has 64 valence electrons. The minimum absolute atomic E-state index is 0.123. The van der Waals surface area contributed by atoms with Crippen molar-refractivity contribution in [2.75, 3.05) is 5.75 Å². The molecule has 0 saturated carbocycles. The van der Waals surface area contributed by atoms with Crippen molar-refractivity contribution in [1.82, 2.24) is 10.2 Å². The molecule has 0 radical (unpaired) electrons. The maximum atomic E-state index is 10.7. The Balaban J connectivity index is 2.22. The van der Waals surface area contributed by atoms with Crippen LogP contribution in [0.25, 0.3) is 0 Å². The molecule has 0 bridgehead atoms. The quantitative estimate of drug-likeness (QED) is 0.712. The maximum Gasteiger partial charge on any atom is 0.264 e. The summed E-state index contributed by atoms with van der Waals surface area (Å²) in [5.74, 6) is 1.21. The zero-order valence-corrected chi connectivity index (χ0v) is 7.43. The monoisotopic (exact) mass is 182 g/mol. The summed E-state index contributed by atoms with van der Waals surface area (Å²) in [7, 11) is 0. The van der Waals surface area contributed by atoms with Gasteiger partial charge in [0.25, 0.3) is 5.56 Å². The van der Waals surface area contributed by atoms with Crippen molar-refractivity contribution in [2.45, 2.75) is 18.1 Å². The second kappa shape index (κ2) is 3.31.